The Balaban J connectivity index is 1.91. The first kappa shape index (κ1) is 11.9. The molecular weight excluding hydrogens is 266 g/mol. The van der Waals surface area contributed by atoms with E-state index in [0.717, 1.165) is 23.3 Å². The Hall–Kier alpha value is -0.540. The molecule has 2 nitrogen and oxygen atoms in total. The molecule has 0 spiro atoms. The van der Waals surface area contributed by atoms with E-state index in [1.807, 2.05) is 24.3 Å². The van der Waals surface area contributed by atoms with Crippen LogP contribution in [0.15, 0.2) is 28.7 Å². The molecule has 1 saturated heterocycles. The van der Waals surface area contributed by atoms with Gasteiger partial charge >= 0.3 is 0 Å². The zero-order valence-electron chi connectivity index (χ0n) is 9.66. The lowest BCUT2D eigenvalue weighted by Crippen LogP contribution is -2.40. The van der Waals surface area contributed by atoms with Gasteiger partial charge in [-0.3, -0.25) is 4.90 Å². The zero-order valence-corrected chi connectivity index (χ0v) is 11.2. The monoisotopic (exact) mass is 283 g/mol. The largest absolute Gasteiger partial charge is 0.489 e. The Morgan fingerprint density at radius 3 is 2.81 bits per heavy atom. The minimum atomic E-state index is 0.356. The number of hydrogen-bond donors (Lipinski definition) is 0. The Labute approximate surface area is 106 Å². The van der Waals surface area contributed by atoms with Gasteiger partial charge in [0, 0.05) is 11.0 Å². The summed E-state index contributed by atoms with van der Waals surface area (Å²) in [5.74, 6) is 0.978. The zero-order chi connectivity index (χ0) is 11.4. The Morgan fingerprint density at radius 2 is 2.12 bits per heavy atom. The molecule has 1 aromatic rings. The average Bonchev–Trinajstić information content (AvgIpc) is 2.32. The summed E-state index contributed by atoms with van der Waals surface area (Å²) in [4.78, 5) is 2.45. The quantitative estimate of drug-likeness (QED) is 0.844. The fraction of sp³-hybridized carbons (Fsp3) is 0.538. The molecule has 1 aliphatic heterocycles. The van der Waals surface area contributed by atoms with Crippen molar-refractivity contribution in [3.8, 4) is 5.75 Å². The maximum atomic E-state index is 5.98. The molecule has 0 radical (unpaired) electrons. The summed E-state index contributed by atoms with van der Waals surface area (Å²) in [5, 5.41) is 0. The average molecular weight is 284 g/mol. The summed E-state index contributed by atoms with van der Waals surface area (Å²) in [5.41, 5.74) is 0. The van der Waals surface area contributed by atoms with Gasteiger partial charge in [-0.2, -0.15) is 0 Å². The first-order valence-corrected chi connectivity index (χ1v) is 6.72. The maximum absolute atomic E-state index is 5.98. The molecule has 0 saturated carbocycles. The van der Waals surface area contributed by atoms with Gasteiger partial charge in [-0.1, -0.05) is 22.9 Å². The van der Waals surface area contributed by atoms with Gasteiger partial charge in [-0.25, -0.2) is 0 Å². The molecule has 16 heavy (non-hydrogen) atoms. The van der Waals surface area contributed by atoms with E-state index < -0.39 is 0 Å². The molecule has 88 valence electrons. The molecule has 0 N–H and O–H groups in total. The predicted molar refractivity (Wildman–Crippen MR) is 69.9 cm³/mol. The number of piperidine rings is 1. The van der Waals surface area contributed by atoms with Gasteiger partial charge < -0.3 is 4.74 Å². The Morgan fingerprint density at radius 1 is 1.38 bits per heavy atom. The number of nitrogens with zero attached hydrogens (tertiary/aromatic N) is 1. The molecule has 1 heterocycles. The van der Waals surface area contributed by atoms with E-state index in [0.29, 0.717) is 6.10 Å². The fourth-order valence-electron chi connectivity index (χ4n) is 2.10. The summed E-state index contributed by atoms with van der Waals surface area (Å²) in [6.07, 6.45) is 2.77. The second kappa shape index (κ2) is 5.69. The van der Waals surface area contributed by atoms with Crippen LogP contribution in [-0.2, 0) is 0 Å². The minimum Gasteiger partial charge on any atom is -0.489 e. The van der Waals surface area contributed by atoms with Crippen LogP contribution in [-0.4, -0.2) is 30.6 Å². The topological polar surface area (TPSA) is 12.5 Å². The van der Waals surface area contributed by atoms with Crippen LogP contribution in [0.3, 0.4) is 0 Å². The molecule has 1 aromatic carbocycles. The van der Waals surface area contributed by atoms with E-state index in [1.54, 1.807) is 0 Å². The number of likely N-dealkylation sites (tertiary alicyclic amines) is 1. The van der Waals surface area contributed by atoms with Crippen molar-refractivity contribution in [3.05, 3.63) is 28.7 Å². The lowest BCUT2D eigenvalue weighted by molar-refractivity contribution is 0.0920. The van der Waals surface area contributed by atoms with Gasteiger partial charge in [0.1, 0.15) is 11.9 Å². The number of rotatable bonds is 3. The van der Waals surface area contributed by atoms with Crippen molar-refractivity contribution in [2.24, 2.45) is 0 Å². The summed E-state index contributed by atoms with van der Waals surface area (Å²) >= 11 is 3.43. The van der Waals surface area contributed by atoms with Crippen LogP contribution >= 0.6 is 15.9 Å². The molecular formula is C13H18BrNO. The van der Waals surface area contributed by atoms with Crippen LogP contribution in [0, 0.1) is 0 Å². The number of likely N-dealkylation sites (N-methyl/N-ethyl adjacent to an activating group) is 1. The smallest absolute Gasteiger partial charge is 0.119 e. The molecule has 1 unspecified atom stereocenters. The summed E-state index contributed by atoms with van der Waals surface area (Å²) in [6, 6.07) is 8.09. The molecule has 1 fully saturated rings. The lowest BCUT2D eigenvalue weighted by atomic mass is 10.1. The van der Waals surface area contributed by atoms with E-state index >= 15 is 0 Å². The van der Waals surface area contributed by atoms with Crippen molar-refractivity contribution in [2.45, 2.75) is 25.9 Å². The number of ether oxygens (including phenoxy) is 1. The van der Waals surface area contributed by atoms with Crippen LogP contribution in [0.2, 0.25) is 0 Å². The standard InChI is InChI=1S/C13H18BrNO/c1-2-15-9-3-4-13(10-15)16-12-7-5-11(14)6-8-12/h5-8,13H,2-4,9-10H2,1H3. The van der Waals surface area contributed by atoms with Crippen LogP contribution < -0.4 is 4.74 Å². The van der Waals surface area contributed by atoms with Gasteiger partial charge in [-0.05, 0) is 50.2 Å². The lowest BCUT2D eigenvalue weighted by Gasteiger charge is -2.31. The molecule has 0 aliphatic carbocycles. The minimum absolute atomic E-state index is 0.356. The van der Waals surface area contributed by atoms with Crippen molar-refractivity contribution < 1.29 is 4.74 Å². The van der Waals surface area contributed by atoms with Crippen molar-refractivity contribution in [3.63, 3.8) is 0 Å². The van der Waals surface area contributed by atoms with Crippen LogP contribution in [0.25, 0.3) is 0 Å². The van der Waals surface area contributed by atoms with Crippen molar-refractivity contribution in [1.82, 2.24) is 4.90 Å². The van der Waals surface area contributed by atoms with Gasteiger partial charge in [0.2, 0.25) is 0 Å². The third-order valence-electron chi connectivity index (χ3n) is 3.03. The van der Waals surface area contributed by atoms with E-state index in [4.69, 9.17) is 4.74 Å². The number of hydrogen-bond acceptors (Lipinski definition) is 2. The number of benzene rings is 1. The van der Waals surface area contributed by atoms with Crippen molar-refractivity contribution >= 4 is 15.9 Å². The van der Waals surface area contributed by atoms with Crippen LogP contribution in [0.4, 0.5) is 0 Å². The normalized spacial score (nSPS) is 22.0. The van der Waals surface area contributed by atoms with Gasteiger partial charge in [0.05, 0.1) is 0 Å². The molecule has 1 atom stereocenters. The summed E-state index contributed by atoms with van der Waals surface area (Å²) in [6.45, 7) is 5.62. The highest BCUT2D eigenvalue weighted by Gasteiger charge is 2.19. The molecule has 3 heteroatoms. The SMILES string of the molecule is CCN1CCCC(Oc2ccc(Br)cc2)C1. The highest BCUT2D eigenvalue weighted by atomic mass is 79.9. The van der Waals surface area contributed by atoms with E-state index in [-0.39, 0.29) is 0 Å². The molecule has 2 rings (SSSR count). The van der Waals surface area contributed by atoms with Gasteiger partial charge in [0.25, 0.3) is 0 Å². The molecule has 1 aliphatic rings. The van der Waals surface area contributed by atoms with Crippen LogP contribution in [0.1, 0.15) is 19.8 Å². The molecule has 0 aromatic heterocycles. The van der Waals surface area contributed by atoms with Gasteiger partial charge in [-0.15, -0.1) is 0 Å². The first-order valence-electron chi connectivity index (χ1n) is 5.92. The summed E-state index contributed by atoms with van der Waals surface area (Å²) in [7, 11) is 0. The first-order chi connectivity index (χ1) is 7.78. The second-order valence-corrected chi connectivity index (χ2v) is 5.14. The van der Waals surface area contributed by atoms with Crippen molar-refractivity contribution in [2.75, 3.05) is 19.6 Å². The number of halogens is 1. The van der Waals surface area contributed by atoms with E-state index in [9.17, 15) is 0 Å². The Kier molecular flexibility index (Phi) is 4.24. The Bertz CT molecular complexity index is 325. The third-order valence-corrected chi connectivity index (χ3v) is 3.55. The van der Waals surface area contributed by atoms with E-state index in [2.05, 4.69) is 27.8 Å². The van der Waals surface area contributed by atoms with Crippen molar-refractivity contribution in [1.29, 1.82) is 0 Å². The molecule has 0 amide bonds. The van der Waals surface area contributed by atoms with E-state index in [1.165, 1.54) is 19.4 Å². The fourth-order valence-corrected chi connectivity index (χ4v) is 2.37. The highest BCUT2D eigenvalue weighted by molar-refractivity contribution is 9.10. The maximum Gasteiger partial charge on any atom is 0.119 e. The van der Waals surface area contributed by atoms with Gasteiger partial charge in [0.15, 0.2) is 0 Å². The predicted octanol–water partition coefficient (Wildman–Crippen LogP) is 3.31. The third kappa shape index (κ3) is 3.22. The molecule has 0 bridgehead atoms. The summed E-state index contributed by atoms with van der Waals surface area (Å²) < 4.78 is 7.08. The second-order valence-electron chi connectivity index (χ2n) is 4.23. The van der Waals surface area contributed by atoms with Crippen LogP contribution in [0.5, 0.6) is 5.75 Å². The highest BCUT2D eigenvalue weighted by Crippen LogP contribution is 2.20.